The van der Waals surface area contributed by atoms with E-state index in [9.17, 15) is 4.79 Å². The molecule has 1 aliphatic heterocycles. The van der Waals surface area contributed by atoms with Crippen LogP contribution in [0.3, 0.4) is 0 Å². The summed E-state index contributed by atoms with van der Waals surface area (Å²) in [5.74, 6) is 0.517. The van der Waals surface area contributed by atoms with Crippen LogP contribution in [0.1, 0.15) is 52.7 Å². The third-order valence-electron chi connectivity index (χ3n) is 6.74. The second-order valence-corrected chi connectivity index (χ2v) is 9.96. The first kappa shape index (κ1) is 22.0. The Hall–Kier alpha value is -2.85. The molecule has 1 aliphatic rings. The molecule has 1 saturated heterocycles. The Kier molecular flexibility index (Phi) is 6.37. The number of halogens is 1. The van der Waals surface area contributed by atoms with E-state index in [1.54, 1.807) is 0 Å². The van der Waals surface area contributed by atoms with Crippen LogP contribution in [0.5, 0.6) is 0 Å². The Morgan fingerprint density at radius 3 is 2.45 bits per heavy atom. The van der Waals surface area contributed by atoms with Crippen molar-refractivity contribution in [2.24, 2.45) is 0 Å². The van der Waals surface area contributed by atoms with Crippen molar-refractivity contribution >= 4 is 32.7 Å². The van der Waals surface area contributed by atoms with Crippen molar-refractivity contribution in [2.45, 2.75) is 38.6 Å². The lowest BCUT2D eigenvalue weighted by Gasteiger charge is -2.17. The predicted octanol–water partition coefficient (Wildman–Crippen LogP) is 7.03. The van der Waals surface area contributed by atoms with Crippen molar-refractivity contribution in [3.63, 3.8) is 0 Å². The second-order valence-electron chi connectivity index (χ2n) is 9.04. The average molecular weight is 501 g/mol. The van der Waals surface area contributed by atoms with Gasteiger partial charge in [-0.05, 0) is 59.9 Å². The average Bonchev–Trinajstić information content (AvgIpc) is 3.46. The Balaban J connectivity index is 1.36. The van der Waals surface area contributed by atoms with Crippen LogP contribution >= 0.6 is 15.9 Å². The Morgan fingerprint density at radius 1 is 0.970 bits per heavy atom. The molecule has 3 nitrogen and oxygen atoms in total. The highest BCUT2D eigenvalue weighted by atomic mass is 79.9. The number of aryl methyl sites for hydroxylation is 1. The summed E-state index contributed by atoms with van der Waals surface area (Å²) >= 11 is 3.52. The molecule has 5 rings (SSSR count). The number of para-hydroxylation sites is 1. The van der Waals surface area contributed by atoms with E-state index < -0.39 is 0 Å². The minimum absolute atomic E-state index is 0.152. The van der Waals surface area contributed by atoms with Gasteiger partial charge in [0.2, 0.25) is 0 Å². The summed E-state index contributed by atoms with van der Waals surface area (Å²) in [7, 11) is 0. The van der Waals surface area contributed by atoms with E-state index in [1.165, 1.54) is 27.6 Å². The van der Waals surface area contributed by atoms with Crippen LogP contribution in [0.15, 0.2) is 83.5 Å². The summed E-state index contributed by atoms with van der Waals surface area (Å²) in [6.07, 6.45) is 5.50. The van der Waals surface area contributed by atoms with Crippen molar-refractivity contribution in [2.75, 3.05) is 13.1 Å². The zero-order valence-corrected chi connectivity index (χ0v) is 20.6. The van der Waals surface area contributed by atoms with Crippen LogP contribution in [-0.2, 0) is 13.0 Å². The van der Waals surface area contributed by atoms with Gasteiger partial charge in [-0.2, -0.15) is 0 Å². The van der Waals surface area contributed by atoms with E-state index in [4.69, 9.17) is 0 Å². The molecule has 3 aromatic carbocycles. The number of carbonyl (C=O) groups excluding carboxylic acids is 1. The van der Waals surface area contributed by atoms with Crippen molar-refractivity contribution in [1.82, 2.24) is 9.47 Å². The number of carbonyl (C=O) groups is 1. The molecule has 4 heteroatoms. The molecule has 1 atom stereocenters. The van der Waals surface area contributed by atoms with Gasteiger partial charge in [-0.25, -0.2) is 0 Å². The van der Waals surface area contributed by atoms with Gasteiger partial charge in [0.05, 0.1) is 0 Å². The summed E-state index contributed by atoms with van der Waals surface area (Å²) in [6, 6.07) is 25.3. The maximum atomic E-state index is 13.1. The van der Waals surface area contributed by atoms with Gasteiger partial charge < -0.3 is 9.47 Å². The molecule has 1 aromatic heterocycles. The SMILES string of the molecule is CCCc1ccc(C(=O)N2CCC(c3cn(Cc4ccc(Br)cc4)c4ccccc34)C2)cc1. The molecule has 168 valence electrons. The number of aromatic nitrogens is 1. The first-order valence-corrected chi connectivity index (χ1v) is 12.6. The number of fused-ring (bicyclic) bond motifs is 1. The van der Waals surface area contributed by atoms with E-state index in [0.717, 1.165) is 48.9 Å². The van der Waals surface area contributed by atoms with Crippen LogP contribution < -0.4 is 0 Å². The lowest BCUT2D eigenvalue weighted by Crippen LogP contribution is -2.28. The van der Waals surface area contributed by atoms with Gasteiger partial charge in [0.15, 0.2) is 0 Å². The smallest absolute Gasteiger partial charge is 0.253 e. The van der Waals surface area contributed by atoms with Crippen molar-refractivity contribution in [3.8, 4) is 0 Å². The second kappa shape index (κ2) is 9.56. The summed E-state index contributed by atoms with van der Waals surface area (Å²) < 4.78 is 3.45. The molecule has 0 bridgehead atoms. The predicted molar refractivity (Wildman–Crippen MR) is 139 cm³/mol. The van der Waals surface area contributed by atoms with Crippen LogP contribution in [0.4, 0.5) is 0 Å². The zero-order chi connectivity index (χ0) is 22.8. The third kappa shape index (κ3) is 4.63. The summed E-state index contributed by atoms with van der Waals surface area (Å²) in [5.41, 5.74) is 5.99. The Bertz CT molecular complexity index is 1260. The van der Waals surface area contributed by atoms with Gasteiger partial charge >= 0.3 is 0 Å². The standard InChI is InChI=1S/C29H29BrN2O/c1-2-5-21-8-12-23(13-9-21)29(33)31-17-16-24(19-31)27-20-32(28-7-4-3-6-26(27)28)18-22-10-14-25(30)15-11-22/h3-4,6-15,20,24H,2,5,16-19H2,1H3. The lowest BCUT2D eigenvalue weighted by atomic mass is 9.98. The molecule has 0 spiro atoms. The molecule has 33 heavy (non-hydrogen) atoms. The van der Waals surface area contributed by atoms with Gasteiger partial charge in [0, 0.05) is 52.7 Å². The number of nitrogens with zero attached hydrogens (tertiary/aromatic N) is 2. The van der Waals surface area contributed by atoms with Gasteiger partial charge in [0.25, 0.3) is 5.91 Å². The number of likely N-dealkylation sites (tertiary alicyclic amines) is 1. The van der Waals surface area contributed by atoms with E-state index in [0.29, 0.717) is 5.92 Å². The number of hydrogen-bond acceptors (Lipinski definition) is 1. The van der Waals surface area contributed by atoms with Crippen molar-refractivity contribution < 1.29 is 4.79 Å². The highest BCUT2D eigenvalue weighted by Gasteiger charge is 2.30. The van der Waals surface area contributed by atoms with E-state index >= 15 is 0 Å². The summed E-state index contributed by atoms with van der Waals surface area (Å²) in [5, 5.41) is 1.30. The van der Waals surface area contributed by atoms with Crippen LogP contribution in [0.2, 0.25) is 0 Å². The molecular formula is C29H29BrN2O. The van der Waals surface area contributed by atoms with Crippen LogP contribution in [0, 0.1) is 0 Å². The molecule has 1 fully saturated rings. The fourth-order valence-electron chi connectivity index (χ4n) is 5.00. The minimum atomic E-state index is 0.152. The molecular weight excluding hydrogens is 472 g/mol. The van der Waals surface area contributed by atoms with Gasteiger partial charge in [-0.1, -0.05) is 71.7 Å². The van der Waals surface area contributed by atoms with E-state index in [-0.39, 0.29) is 5.91 Å². The van der Waals surface area contributed by atoms with Gasteiger partial charge in [-0.3, -0.25) is 4.79 Å². The number of amides is 1. The molecule has 0 radical (unpaired) electrons. The maximum absolute atomic E-state index is 13.1. The number of hydrogen-bond donors (Lipinski definition) is 0. The van der Waals surface area contributed by atoms with Crippen molar-refractivity contribution in [1.29, 1.82) is 0 Å². The Morgan fingerprint density at radius 2 is 1.70 bits per heavy atom. The maximum Gasteiger partial charge on any atom is 0.253 e. The summed E-state index contributed by atoms with van der Waals surface area (Å²) in [6.45, 7) is 4.61. The molecule has 0 N–H and O–H groups in total. The van der Waals surface area contributed by atoms with Crippen LogP contribution in [0.25, 0.3) is 10.9 Å². The first-order chi connectivity index (χ1) is 16.1. The molecule has 0 saturated carbocycles. The molecule has 1 amide bonds. The van der Waals surface area contributed by atoms with E-state index in [1.807, 2.05) is 17.0 Å². The monoisotopic (exact) mass is 500 g/mol. The largest absolute Gasteiger partial charge is 0.343 e. The van der Waals surface area contributed by atoms with E-state index in [2.05, 4.69) is 94.3 Å². The molecule has 4 aromatic rings. The quantitative estimate of drug-likeness (QED) is 0.278. The topological polar surface area (TPSA) is 25.2 Å². The van der Waals surface area contributed by atoms with Crippen LogP contribution in [-0.4, -0.2) is 28.5 Å². The third-order valence-corrected chi connectivity index (χ3v) is 7.27. The minimum Gasteiger partial charge on any atom is -0.343 e. The molecule has 2 heterocycles. The fraction of sp³-hybridized carbons (Fsp3) is 0.276. The van der Waals surface area contributed by atoms with Gasteiger partial charge in [0.1, 0.15) is 0 Å². The zero-order valence-electron chi connectivity index (χ0n) is 19.0. The highest BCUT2D eigenvalue weighted by Crippen LogP contribution is 2.35. The lowest BCUT2D eigenvalue weighted by molar-refractivity contribution is 0.0791. The Labute approximate surface area is 204 Å². The molecule has 1 unspecified atom stereocenters. The fourth-order valence-corrected chi connectivity index (χ4v) is 5.27. The number of benzene rings is 3. The highest BCUT2D eigenvalue weighted by molar-refractivity contribution is 9.10. The first-order valence-electron chi connectivity index (χ1n) is 11.8. The molecule has 0 aliphatic carbocycles. The number of rotatable bonds is 6. The normalized spacial score (nSPS) is 15.9. The summed E-state index contributed by atoms with van der Waals surface area (Å²) in [4.78, 5) is 15.2. The van der Waals surface area contributed by atoms with Crippen molar-refractivity contribution in [3.05, 3.63) is 106 Å². The van der Waals surface area contributed by atoms with Gasteiger partial charge in [-0.15, -0.1) is 0 Å².